The first-order valence-electron chi connectivity index (χ1n) is 10.9. The summed E-state index contributed by atoms with van der Waals surface area (Å²) in [5.41, 5.74) is 1.15. The summed E-state index contributed by atoms with van der Waals surface area (Å²) in [4.78, 5) is 17.5. The van der Waals surface area contributed by atoms with E-state index in [0.717, 1.165) is 11.8 Å². The highest BCUT2D eigenvalue weighted by Gasteiger charge is 2.35. The first-order valence-corrected chi connectivity index (χ1v) is 11.8. The molecular weight excluding hydrogens is 480 g/mol. The van der Waals surface area contributed by atoms with Gasteiger partial charge in [0.15, 0.2) is 5.69 Å². The lowest BCUT2D eigenvalue weighted by molar-refractivity contribution is -0.141. The summed E-state index contributed by atoms with van der Waals surface area (Å²) in [5.74, 6) is -0.441. The van der Waals surface area contributed by atoms with Gasteiger partial charge in [-0.15, -0.1) is 11.3 Å². The summed E-state index contributed by atoms with van der Waals surface area (Å²) in [6.45, 7) is 2.25. The fraction of sp³-hybridized carbons (Fsp3) is 0.200. The van der Waals surface area contributed by atoms with E-state index in [2.05, 4.69) is 10.00 Å². The summed E-state index contributed by atoms with van der Waals surface area (Å²) in [5, 5.41) is 5.58. The zero-order chi connectivity index (χ0) is 24.6. The molecule has 0 unspecified atom stereocenters. The van der Waals surface area contributed by atoms with Gasteiger partial charge in [-0.05, 0) is 66.0 Å². The van der Waals surface area contributed by atoms with E-state index in [-0.39, 0.29) is 11.7 Å². The molecule has 4 aromatic rings. The van der Waals surface area contributed by atoms with Gasteiger partial charge in [-0.1, -0.05) is 6.07 Å². The maximum atomic E-state index is 13.3. The molecule has 1 amide bonds. The highest BCUT2D eigenvalue weighted by molar-refractivity contribution is 7.13. The smallest absolute Gasteiger partial charge is 0.368 e. The van der Waals surface area contributed by atoms with E-state index < -0.39 is 11.9 Å². The molecule has 180 valence electrons. The lowest BCUT2D eigenvalue weighted by Crippen LogP contribution is -2.48. The molecule has 1 fully saturated rings. The first kappa shape index (κ1) is 23.1. The molecule has 0 spiro atoms. The second-order valence-corrected chi connectivity index (χ2v) is 9.05. The number of nitrogens with zero attached hydrogens (tertiary/aromatic N) is 4. The zero-order valence-electron chi connectivity index (χ0n) is 18.4. The molecule has 2 aromatic heterocycles. The van der Waals surface area contributed by atoms with Gasteiger partial charge in [0.2, 0.25) is 0 Å². The van der Waals surface area contributed by atoms with Crippen molar-refractivity contribution in [3.63, 3.8) is 0 Å². The number of alkyl halides is 3. The molecule has 1 saturated heterocycles. The number of piperazine rings is 1. The van der Waals surface area contributed by atoms with Gasteiger partial charge < -0.3 is 9.80 Å². The second kappa shape index (κ2) is 9.18. The number of hydrogen-bond donors (Lipinski definition) is 0. The summed E-state index contributed by atoms with van der Waals surface area (Å²) in [6, 6.07) is 17.2. The monoisotopic (exact) mass is 500 g/mol. The Hall–Kier alpha value is -3.66. The Balaban J connectivity index is 1.32. The SMILES string of the molecule is O=C(c1ccc(-n2nc(C(F)(F)F)cc2-c2cccs2)cc1)N1CCN(c2ccc(F)cc2)CC1. The van der Waals surface area contributed by atoms with E-state index in [1.807, 2.05) is 0 Å². The predicted molar refractivity (Wildman–Crippen MR) is 126 cm³/mol. The molecule has 1 aliphatic heterocycles. The van der Waals surface area contributed by atoms with Crippen LogP contribution in [-0.4, -0.2) is 46.8 Å². The van der Waals surface area contributed by atoms with Crippen molar-refractivity contribution in [1.29, 1.82) is 0 Å². The van der Waals surface area contributed by atoms with Crippen LogP contribution < -0.4 is 4.90 Å². The largest absolute Gasteiger partial charge is 0.435 e. The van der Waals surface area contributed by atoms with Crippen molar-refractivity contribution >= 4 is 22.9 Å². The topological polar surface area (TPSA) is 41.4 Å². The van der Waals surface area contributed by atoms with Crippen molar-refractivity contribution in [2.45, 2.75) is 6.18 Å². The van der Waals surface area contributed by atoms with Crippen LogP contribution in [-0.2, 0) is 6.18 Å². The molecule has 5 nitrogen and oxygen atoms in total. The maximum absolute atomic E-state index is 13.3. The molecule has 0 radical (unpaired) electrons. The average molecular weight is 501 g/mol. The summed E-state index contributed by atoms with van der Waals surface area (Å²) < 4.78 is 54.4. The molecule has 2 aromatic carbocycles. The molecule has 0 atom stereocenters. The highest BCUT2D eigenvalue weighted by Crippen LogP contribution is 2.34. The van der Waals surface area contributed by atoms with Gasteiger partial charge in [0.25, 0.3) is 5.91 Å². The van der Waals surface area contributed by atoms with Crippen LogP contribution in [0.1, 0.15) is 16.1 Å². The maximum Gasteiger partial charge on any atom is 0.435 e. The minimum atomic E-state index is -4.57. The fourth-order valence-corrected chi connectivity index (χ4v) is 4.79. The fourth-order valence-electron chi connectivity index (χ4n) is 4.06. The summed E-state index contributed by atoms with van der Waals surface area (Å²) >= 11 is 1.32. The van der Waals surface area contributed by atoms with Crippen molar-refractivity contribution in [3.8, 4) is 16.3 Å². The molecule has 10 heteroatoms. The van der Waals surface area contributed by atoms with Crippen molar-refractivity contribution in [2.24, 2.45) is 0 Å². The number of halogens is 4. The standard InChI is InChI=1S/C25H20F4N4OS/c26-18-5-9-19(10-6-18)31-11-13-32(14-12-31)24(34)17-3-7-20(8-4-17)33-21(22-2-1-15-35-22)16-23(30-33)25(27,28)29/h1-10,15-16H,11-14H2. The number of amides is 1. The van der Waals surface area contributed by atoms with E-state index in [0.29, 0.717) is 48.0 Å². The zero-order valence-corrected chi connectivity index (χ0v) is 19.2. The number of hydrogen-bond acceptors (Lipinski definition) is 4. The van der Waals surface area contributed by atoms with Crippen LogP contribution in [0.15, 0.2) is 72.1 Å². The van der Waals surface area contributed by atoms with E-state index in [1.165, 1.54) is 28.2 Å². The molecule has 1 aliphatic rings. The molecule has 0 bridgehead atoms. The average Bonchev–Trinajstić information content (AvgIpc) is 3.54. The number of benzene rings is 2. The Morgan fingerprint density at radius 3 is 2.14 bits per heavy atom. The molecule has 3 heterocycles. The molecule has 0 N–H and O–H groups in total. The van der Waals surface area contributed by atoms with Gasteiger partial charge in [-0.25, -0.2) is 9.07 Å². The van der Waals surface area contributed by atoms with Crippen LogP contribution >= 0.6 is 11.3 Å². The Morgan fingerprint density at radius 1 is 0.886 bits per heavy atom. The lowest BCUT2D eigenvalue weighted by atomic mass is 10.1. The van der Waals surface area contributed by atoms with E-state index in [9.17, 15) is 22.4 Å². The number of rotatable bonds is 4. The van der Waals surface area contributed by atoms with Crippen molar-refractivity contribution < 1.29 is 22.4 Å². The van der Waals surface area contributed by atoms with E-state index >= 15 is 0 Å². The summed E-state index contributed by atoms with van der Waals surface area (Å²) in [6.07, 6.45) is -4.57. The van der Waals surface area contributed by atoms with Gasteiger partial charge in [-0.2, -0.15) is 18.3 Å². The predicted octanol–water partition coefficient (Wildman–Crippen LogP) is 5.72. The Morgan fingerprint density at radius 2 is 1.54 bits per heavy atom. The normalized spacial score (nSPS) is 14.4. The number of aromatic nitrogens is 2. The van der Waals surface area contributed by atoms with E-state index in [4.69, 9.17) is 0 Å². The summed E-state index contributed by atoms with van der Waals surface area (Å²) in [7, 11) is 0. The van der Waals surface area contributed by atoms with Gasteiger partial charge in [0.1, 0.15) is 5.82 Å². The van der Waals surface area contributed by atoms with Crippen LogP contribution in [0.3, 0.4) is 0 Å². The third-order valence-electron chi connectivity index (χ3n) is 5.89. The van der Waals surface area contributed by atoms with Crippen LogP contribution in [0.5, 0.6) is 0 Å². The molecule has 0 aliphatic carbocycles. The Bertz CT molecular complexity index is 1310. The minimum Gasteiger partial charge on any atom is -0.368 e. The Labute approximate surface area is 202 Å². The van der Waals surface area contributed by atoms with Crippen LogP contribution in [0.25, 0.3) is 16.3 Å². The van der Waals surface area contributed by atoms with Gasteiger partial charge in [0.05, 0.1) is 16.3 Å². The quantitative estimate of drug-likeness (QED) is 0.337. The Kier molecular flexibility index (Phi) is 6.06. The molecular formula is C25H20F4N4OS. The third-order valence-corrected chi connectivity index (χ3v) is 6.78. The third kappa shape index (κ3) is 4.79. The highest BCUT2D eigenvalue weighted by atomic mass is 32.1. The lowest BCUT2D eigenvalue weighted by Gasteiger charge is -2.36. The van der Waals surface area contributed by atoms with Crippen molar-refractivity contribution in [1.82, 2.24) is 14.7 Å². The van der Waals surface area contributed by atoms with Crippen LogP contribution in [0.2, 0.25) is 0 Å². The van der Waals surface area contributed by atoms with Crippen molar-refractivity contribution in [3.05, 3.63) is 89.2 Å². The number of carbonyl (C=O) groups excluding carboxylic acids is 1. The van der Waals surface area contributed by atoms with Crippen molar-refractivity contribution in [2.75, 3.05) is 31.1 Å². The molecule has 5 rings (SSSR count). The molecule has 0 saturated carbocycles. The van der Waals surface area contributed by atoms with E-state index in [1.54, 1.807) is 58.8 Å². The van der Waals surface area contributed by atoms with Crippen LogP contribution in [0, 0.1) is 5.82 Å². The van der Waals surface area contributed by atoms with Gasteiger partial charge in [-0.3, -0.25) is 4.79 Å². The number of anilines is 1. The number of carbonyl (C=O) groups is 1. The first-order chi connectivity index (χ1) is 16.8. The molecule has 35 heavy (non-hydrogen) atoms. The number of thiophene rings is 1. The van der Waals surface area contributed by atoms with Gasteiger partial charge in [0, 0.05) is 37.4 Å². The van der Waals surface area contributed by atoms with Crippen LogP contribution in [0.4, 0.5) is 23.2 Å². The van der Waals surface area contributed by atoms with Gasteiger partial charge >= 0.3 is 6.18 Å². The minimum absolute atomic E-state index is 0.148. The second-order valence-electron chi connectivity index (χ2n) is 8.10.